The number of hydrogen-bond donors (Lipinski definition) is 1. The zero-order valence-electron chi connectivity index (χ0n) is 8.06. The first-order valence-electron chi connectivity index (χ1n) is 4.65. The van der Waals surface area contributed by atoms with Crippen molar-refractivity contribution in [1.29, 1.82) is 0 Å². The summed E-state index contributed by atoms with van der Waals surface area (Å²) in [6, 6.07) is 5.76. The molecule has 0 fully saturated rings. The van der Waals surface area contributed by atoms with E-state index in [4.69, 9.17) is 10.2 Å². The highest BCUT2D eigenvalue weighted by Gasteiger charge is 2.12. The second-order valence-electron chi connectivity index (χ2n) is 3.32. The van der Waals surface area contributed by atoms with Crippen molar-refractivity contribution in [2.24, 2.45) is 5.73 Å². The molecule has 0 radical (unpaired) electrons. The summed E-state index contributed by atoms with van der Waals surface area (Å²) in [5.74, 6) is 0. The summed E-state index contributed by atoms with van der Waals surface area (Å²) in [4.78, 5) is 3.96. The van der Waals surface area contributed by atoms with Crippen molar-refractivity contribution in [3.8, 4) is 0 Å². The predicted octanol–water partition coefficient (Wildman–Crippen LogP) is 2.68. The summed E-state index contributed by atoms with van der Waals surface area (Å²) in [7, 11) is 0. The van der Waals surface area contributed by atoms with Gasteiger partial charge in [-0.1, -0.05) is 0 Å². The lowest BCUT2D eigenvalue weighted by atomic mass is 10.0. The number of aromatic nitrogens is 1. The molecule has 2 N–H and O–H groups in total. The lowest BCUT2D eigenvalue weighted by Crippen LogP contribution is -2.12. The average Bonchev–Trinajstić information content (AvgIpc) is 2.66. The van der Waals surface area contributed by atoms with E-state index in [2.05, 4.69) is 20.9 Å². The Morgan fingerprint density at radius 1 is 1.33 bits per heavy atom. The van der Waals surface area contributed by atoms with E-state index in [1.54, 1.807) is 18.7 Å². The Balaban J connectivity index is 2.11. The van der Waals surface area contributed by atoms with Crippen molar-refractivity contribution in [2.75, 3.05) is 0 Å². The van der Waals surface area contributed by atoms with Gasteiger partial charge in [0, 0.05) is 24.0 Å². The third-order valence-electron chi connectivity index (χ3n) is 2.25. The number of hydrogen-bond acceptors (Lipinski definition) is 3. The van der Waals surface area contributed by atoms with Crippen LogP contribution in [0.25, 0.3) is 0 Å². The molecule has 2 rings (SSSR count). The topological polar surface area (TPSA) is 52.0 Å². The smallest absolute Gasteiger partial charge is 0.173 e. The van der Waals surface area contributed by atoms with Gasteiger partial charge in [0.1, 0.15) is 0 Å². The molecule has 0 saturated heterocycles. The fourth-order valence-electron chi connectivity index (χ4n) is 1.45. The number of nitrogens with two attached hydrogens (primary N) is 1. The number of furan rings is 1. The maximum atomic E-state index is 6.06. The molecule has 0 aromatic carbocycles. The number of pyridine rings is 1. The molecule has 15 heavy (non-hydrogen) atoms. The van der Waals surface area contributed by atoms with Crippen LogP contribution in [0.15, 0.2) is 45.9 Å². The molecule has 1 unspecified atom stereocenters. The predicted molar refractivity (Wildman–Crippen MR) is 61.3 cm³/mol. The minimum Gasteiger partial charge on any atom is -0.457 e. The highest BCUT2D eigenvalue weighted by Crippen LogP contribution is 2.25. The van der Waals surface area contributed by atoms with Gasteiger partial charge >= 0.3 is 0 Å². The second-order valence-corrected chi connectivity index (χ2v) is 4.04. The molecule has 3 nitrogen and oxygen atoms in total. The van der Waals surface area contributed by atoms with Crippen LogP contribution in [0.4, 0.5) is 0 Å². The van der Waals surface area contributed by atoms with Crippen molar-refractivity contribution in [3.63, 3.8) is 0 Å². The molecule has 0 saturated carbocycles. The fraction of sp³-hybridized carbons (Fsp3) is 0.182. The Bertz CT molecular complexity index is 427. The van der Waals surface area contributed by atoms with Crippen LogP contribution in [-0.2, 0) is 6.42 Å². The standard InChI is InChI=1S/C11H11BrN2O/c12-11-9(3-6-15-11)10(13)7-8-1-4-14-5-2-8/h1-6,10H,7,13H2. The molecular formula is C11H11BrN2O. The average molecular weight is 267 g/mol. The van der Waals surface area contributed by atoms with Crippen molar-refractivity contribution < 1.29 is 4.42 Å². The molecule has 2 aromatic rings. The SMILES string of the molecule is NC(Cc1ccncc1)c1ccoc1Br. The summed E-state index contributed by atoms with van der Waals surface area (Å²) >= 11 is 3.32. The molecule has 0 aliphatic carbocycles. The van der Waals surface area contributed by atoms with Crippen LogP contribution < -0.4 is 5.73 Å². The molecule has 78 valence electrons. The van der Waals surface area contributed by atoms with Gasteiger partial charge in [0.05, 0.1) is 6.26 Å². The summed E-state index contributed by atoms with van der Waals surface area (Å²) in [6.45, 7) is 0. The third-order valence-corrected chi connectivity index (χ3v) is 2.90. The third kappa shape index (κ3) is 2.46. The van der Waals surface area contributed by atoms with Crippen LogP contribution in [0.3, 0.4) is 0 Å². The van der Waals surface area contributed by atoms with Crippen LogP contribution in [0.5, 0.6) is 0 Å². The first kappa shape index (κ1) is 10.4. The van der Waals surface area contributed by atoms with Crippen LogP contribution in [0.1, 0.15) is 17.2 Å². The largest absolute Gasteiger partial charge is 0.457 e. The summed E-state index contributed by atoms with van der Waals surface area (Å²) < 4.78 is 5.86. The van der Waals surface area contributed by atoms with Gasteiger partial charge in [-0.05, 0) is 46.1 Å². The number of rotatable bonds is 3. The van der Waals surface area contributed by atoms with E-state index in [1.807, 2.05) is 18.2 Å². The van der Waals surface area contributed by atoms with Crippen LogP contribution in [0.2, 0.25) is 0 Å². The maximum Gasteiger partial charge on any atom is 0.173 e. The van der Waals surface area contributed by atoms with Gasteiger partial charge in [-0.25, -0.2) is 0 Å². The van der Waals surface area contributed by atoms with Crippen molar-refractivity contribution in [3.05, 3.63) is 52.7 Å². The van der Waals surface area contributed by atoms with Gasteiger partial charge in [-0.2, -0.15) is 0 Å². The van der Waals surface area contributed by atoms with Gasteiger partial charge in [-0.15, -0.1) is 0 Å². The van der Waals surface area contributed by atoms with Gasteiger partial charge in [-0.3, -0.25) is 4.98 Å². The Labute approximate surface area is 96.4 Å². The Morgan fingerprint density at radius 3 is 2.67 bits per heavy atom. The van der Waals surface area contributed by atoms with Crippen LogP contribution in [-0.4, -0.2) is 4.98 Å². The molecular weight excluding hydrogens is 256 g/mol. The summed E-state index contributed by atoms with van der Waals surface area (Å²) in [6.07, 6.45) is 5.95. The van der Waals surface area contributed by atoms with Gasteiger partial charge in [0.2, 0.25) is 0 Å². The Hall–Kier alpha value is -1.13. The Morgan fingerprint density at radius 2 is 2.07 bits per heavy atom. The highest BCUT2D eigenvalue weighted by atomic mass is 79.9. The normalized spacial score (nSPS) is 12.7. The van der Waals surface area contributed by atoms with Crippen molar-refractivity contribution in [1.82, 2.24) is 4.98 Å². The van der Waals surface area contributed by atoms with Gasteiger partial charge in [0.15, 0.2) is 4.67 Å². The van der Waals surface area contributed by atoms with E-state index >= 15 is 0 Å². The molecule has 0 aliphatic rings. The fourth-order valence-corrected chi connectivity index (χ4v) is 1.99. The lowest BCUT2D eigenvalue weighted by Gasteiger charge is -2.09. The molecule has 0 bridgehead atoms. The Kier molecular flexibility index (Phi) is 3.18. The first-order chi connectivity index (χ1) is 7.27. The zero-order chi connectivity index (χ0) is 10.7. The minimum atomic E-state index is -0.0551. The molecule has 0 aliphatic heterocycles. The molecule has 0 spiro atoms. The molecule has 1 atom stereocenters. The summed E-state index contributed by atoms with van der Waals surface area (Å²) in [5, 5.41) is 0. The number of halogens is 1. The molecule has 0 amide bonds. The van der Waals surface area contributed by atoms with E-state index in [1.165, 1.54) is 5.56 Å². The van der Waals surface area contributed by atoms with Crippen LogP contribution in [0, 0.1) is 0 Å². The summed E-state index contributed by atoms with van der Waals surface area (Å²) in [5.41, 5.74) is 8.23. The minimum absolute atomic E-state index is 0.0551. The van der Waals surface area contributed by atoms with E-state index in [-0.39, 0.29) is 6.04 Å². The van der Waals surface area contributed by atoms with Gasteiger partial charge in [0.25, 0.3) is 0 Å². The van der Waals surface area contributed by atoms with E-state index in [0.717, 1.165) is 12.0 Å². The zero-order valence-corrected chi connectivity index (χ0v) is 9.65. The van der Waals surface area contributed by atoms with E-state index < -0.39 is 0 Å². The van der Waals surface area contributed by atoms with Crippen molar-refractivity contribution >= 4 is 15.9 Å². The monoisotopic (exact) mass is 266 g/mol. The lowest BCUT2D eigenvalue weighted by molar-refractivity contribution is 0.531. The molecule has 2 heterocycles. The molecule has 4 heteroatoms. The van der Waals surface area contributed by atoms with Crippen molar-refractivity contribution in [2.45, 2.75) is 12.5 Å². The van der Waals surface area contributed by atoms with Crippen LogP contribution >= 0.6 is 15.9 Å². The quantitative estimate of drug-likeness (QED) is 0.930. The van der Waals surface area contributed by atoms with Gasteiger partial charge < -0.3 is 10.2 Å². The number of nitrogens with zero attached hydrogens (tertiary/aromatic N) is 1. The maximum absolute atomic E-state index is 6.06. The van der Waals surface area contributed by atoms with E-state index in [0.29, 0.717) is 4.67 Å². The van der Waals surface area contributed by atoms with E-state index in [9.17, 15) is 0 Å². The second kappa shape index (κ2) is 4.59. The highest BCUT2D eigenvalue weighted by molar-refractivity contribution is 9.10. The molecule has 2 aromatic heterocycles. The first-order valence-corrected chi connectivity index (χ1v) is 5.44.